The predicted molar refractivity (Wildman–Crippen MR) is 132 cm³/mol. The molecule has 182 valence electrons. The average Bonchev–Trinajstić information content (AvgIpc) is 2.89. The Morgan fingerprint density at radius 3 is 2.31 bits per heavy atom. The molecule has 0 aromatic heterocycles. The molecule has 3 aromatic carbocycles. The van der Waals surface area contributed by atoms with E-state index < -0.39 is 12.0 Å². The summed E-state index contributed by atoms with van der Waals surface area (Å²) in [6, 6.07) is 24.4. The summed E-state index contributed by atoms with van der Waals surface area (Å²) in [7, 11) is 1.35. The zero-order chi connectivity index (χ0) is 25.0. The molecule has 0 saturated heterocycles. The molecule has 1 atom stereocenters. The van der Waals surface area contributed by atoms with E-state index >= 15 is 0 Å². The summed E-state index contributed by atoms with van der Waals surface area (Å²) in [4.78, 5) is 36.5. The number of hydrogen-bond acceptors (Lipinski definition) is 5. The fourth-order valence-corrected chi connectivity index (χ4v) is 3.57. The number of rotatable bonds is 10. The van der Waals surface area contributed by atoms with Crippen LogP contribution in [0.5, 0.6) is 0 Å². The van der Waals surface area contributed by atoms with Crippen LogP contribution in [0.25, 0.3) is 0 Å². The number of methoxy groups -OCH3 is 1. The number of quaternary nitrogens is 1. The quantitative estimate of drug-likeness (QED) is 0.390. The summed E-state index contributed by atoms with van der Waals surface area (Å²) >= 11 is 0. The van der Waals surface area contributed by atoms with Gasteiger partial charge in [-0.3, -0.25) is 4.79 Å². The average molecular weight is 477 g/mol. The first-order valence-electron chi connectivity index (χ1n) is 11.3. The SMILES string of the molecule is COC(=O)C[NH2+][C@H](c1ccccc1)c1cc(C)ccc1NC(=O)CNC(=O)OCc1ccccc1. The molecule has 0 unspecified atom stereocenters. The number of alkyl carbamates (subject to hydrolysis) is 1. The minimum absolute atomic E-state index is 0.116. The lowest BCUT2D eigenvalue weighted by Crippen LogP contribution is -2.87. The molecule has 35 heavy (non-hydrogen) atoms. The van der Waals surface area contributed by atoms with Gasteiger partial charge in [-0.1, -0.05) is 72.3 Å². The number of carbonyl (C=O) groups excluding carboxylic acids is 3. The van der Waals surface area contributed by atoms with Crippen molar-refractivity contribution < 1.29 is 29.2 Å². The number of carbonyl (C=O) groups is 3. The van der Waals surface area contributed by atoms with Crippen LogP contribution in [0.1, 0.15) is 28.3 Å². The highest BCUT2D eigenvalue weighted by Gasteiger charge is 2.23. The van der Waals surface area contributed by atoms with Crippen molar-refractivity contribution in [1.82, 2.24) is 5.32 Å². The van der Waals surface area contributed by atoms with Crippen molar-refractivity contribution in [3.8, 4) is 0 Å². The maximum absolute atomic E-state index is 12.6. The number of hydrogen-bond donors (Lipinski definition) is 3. The number of aryl methyl sites for hydroxylation is 1. The molecule has 2 amide bonds. The van der Waals surface area contributed by atoms with Gasteiger partial charge in [-0.25, -0.2) is 9.59 Å². The molecule has 0 spiro atoms. The van der Waals surface area contributed by atoms with Crippen molar-refractivity contribution in [2.45, 2.75) is 19.6 Å². The largest absolute Gasteiger partial charge is 0.465 e. The lowest BCUT2D eigenvalue weighted by atomic mass is 9.95. The second kappa shape index (κ2) is 12.9. The van der Waals surface area contributed by atoms with Crippen LogP contribution >= 0.6 is 0 Å². The third-order valence-corrected chi connectivity index (χ3v) is 5.33. The Bertz CT molecular complexity index is 1140. The molecule has 0 aliphatic heterocycles. The summed E-state index contributed by atoms with van der Waals surface area (Å²) in [6.45, 7) is 1.95. The van der Waals surface area contributed by atoms with Crippen molar-refractivity contribution in [2.75, 3.05) is 25.5 Å². The fraction of sp³-hybridized carbons (Fsp3) is 0.222. The van der Waals surface area contributed by atoms with Crippen LogP contribution in [0.3, 0.4) is 0 Å². The first kappa shape index (κ1) is 25.5. The Balaban J connectivity index is 1.68. The minimum Gasteiger partial charge on any atom is -0.465 e. The zero-order valence-electron chi connectivity index (χ0n) is 19.8. The van der Waals surface area contributed by atoms with Crippen molar-refractivity contribution in [3.05, 3.63) is 101 Å². The number of ether oxygens (including phenoxy) is 2. The standard InChI is InChI=1S/C27H29N3O5/c1-19-13-14-23(30-24(31)16-29-27(33)35-18-20-9-5-3-6-10-20)22(15-19)26(28-17-25(32)34-2)21-11-7-4-8-12-21/h3-15,26,28H,16-18H2,1-2H3,(H,29,33)(H,30,31)/p+1/t26-/m1/s1. The summed E-state index contributed by atoms with van der Waals surface area (Å²) in [6.07, 6.45) is -0.679. The maximum Gasteiger partial charge on any atom is 0.407 e. The maximum atomic E-state index is 12.6. The van der Waals surface area contributed by atoms with Crippen LogP contribution in [0, 0.1) is 6.92 Å². The summed E-state index contributed by atoms with van der Waals surface area (Å²) < 4.78 is 9.95. The molecular weight excluding hydrogens is 446 g/mol. The monoisotopic (exact) mass is 476 g/mol. The molecule has 0 saturated carbocycles. The van der Waals surface area contributed by atoms with Gasteiger partial charge < -0.3 is 25.4 Å². The molecule has 0 aliphatic rings. The minimum atomic E-state index is -0.679. The van der Waals surface area contributed by atoms with E-state index in [0.717, 1.165) is 22.3 Å². The second-order valence-corrected chi connectivity index (χ2v) is 7.96. The van der Waals surface area contributed by atoms with Crippen LogP contribution < -0.4 is 16.0 Å². The van der Waals surface area contributed by atoms with E-state index in [1.165, 1.54) is 7.11 Å². The number of amides is 2. The van der Waals surface area contributed by atoms with E-state index in [-0.39, 0.29) is 31.7 Å². The topological polar surface area (TPSA) is 110 Å². The molecule has 0 fully saturated rings. The molecule has 0 aliphatic carbocycles. The highest BCUT2D eigenvalue weighted by Crippen LogP contribution is 2.27. The smallest absolute Gasteiger partial charge is 0.407 e. The van der Waals surface area contributed by atoms with Crippen molar-refractivity contribution >= 4 is 23.7 Å². The molecule has 0 bridgehead atoms. The second-order valence-electron chi connectivity index (χ2n) is 7.96. The first-order chi connectivity index (χ1) is 17.0. The summed E-state index contributed by atoms with van der Waals surface area (Å²) in [5, 5.41) is 7.21. The van der Waals surface area contributed by atoms with Crippen molar-refractivity contribution in [3.63, 3.8) is 0 Å². The number of nitrogens with one attached hydrogen (secondary N) is 2. The van der Waals surface area contributed by atoms with Crippen LogP contribution in [-0.4, -0.2) is 38.2 Å². The Morgan fingerprint density at radius 2 is 1.63 bits per heavy atom. The van der Waals surface area contributed by atoms with Crippen molar-refractivity contribution in [2.24, 2.45) is 0 Å². The highest BCUT2D eigenvalue weighted by atomic mass is 16.5. The van der Waals surface area contributed by atoms with Crippen LogP contribution in [0.15, 0.2) is 78.9 Å². The third kappa shape index (κ3) is 7.97. The molecule has 3 aromatic rings. The molecule has 0 radical (unpaired) electrons. The van der Waals surface area contributed by atoms with Crippen LogP contribution in [0.4, 0.5) is 10.5 Å². The van der Waals surface area contributed by atoms with Gasteiger partial charge in [0.25, 0.3) is 0 Å². The van der Waals surface area contributed by atoms with Gasteiger partial charge in [0.1, 0.15) is 19.2 Å². The summed E-state index contributed by atoms with van der Waals surface area (Å²) in [5.41, 5.74) is 4.26. The summed E-state index contributed by atoms with van der Waals surface area (Å²) in [5.74, 6) is -0.742. The number of anilines is 1. The van der Waals surface area contributed by atoms with Crippen LogP contribution in [-0.2, 0) is 25.7 Å². The zero-order valence-corrected chi connectivity index (χ0v) is 19.8. The van der Waals surface area contributed by atoms with E-state index in [1.807, 2.05) is 91.1 Å². The van der Waals surface area contributed by atoms with E-state index in [2.05, 4.69) is 10.6 Å². The lowest BCUT2D eigenvalue weighted by Gasteiger charge is -2.20. The fourth-order valence-electron chi connectivity index (χ4n) is 3.57. The number of benzene rings is 3. The van der Waals surface area contributed by atoms with Gasteiger partial charge in [-0.15, -0.1) is 0 Å². The van der Waals surface area contributed by atoms with E-state index in [1.54, 1.807) is 0 Å². The molecule has 3 rings (SSSR count). The Kier molecular flexibility index (Phi) is 9.39. The van der Waals surface area contributed by atoms with E-state index in [9.17, 15) is 14.4 Å². The van der Waals surface area contributed by atoms with Gasteiger partial charge in [-0.05, 0) is 24.6 Å². The molecular formula is C27H30N3O5+. The van der Waals surface area contributed by atoms with Crippen molar-refractivity contribution in [1.29, 1.82) is 0 Å². The van der Waals surface area contributed by atoms with E-state index in [0.29, 0.717) is 5.69 Å². The normalized spacial score (nSPS) is 11.3. The van der Waals surface area contributed by atoms with E-state index in [4.69, 9.17) is 9.47 Å². The third-order valence-electron chi connectivity index (χ3n) is 5.33. The molecule has 8 nitrogen and oxygen atoms in total. The molecule has 4 N–H and O–H groups in total. The molecule has 8 heteroatoms. The first-order valence-corrected chi connectivity index (χ1v) is 11.3. The molecule has 0 heterocycles. The van der Waals surface area contributed by atoms with Gasteiger partial charge in [0.15, 0.2) is 6.54 Å². The Hall–Kier alpha value is -4.17. The van der Waals surface area contributed by atoms with Gasteiger partial charge in [0.2, 0.25) is 5.91 Å². The Labute approximate surface area is 204 Å². The predicted octanol–water partition coefficient (Wildman–Crippen LogP) is 2.69. The number of esters is 1. The van der Waals surface area contributed by atoms with Crippen LogP contribution in [0.2, 0.25) is 0 Å². The Morgan fingerprint density at radius 1 is 0.943 bits per heavy atom. The van der Waals surface area contributed by atoms with Gasteiger partial charge >= 0.3 is 12.1 Å². The van der Waals surface area contributed by atoms with Gasteiger partial charge in [-0.2, -0.15) is 0 Å². The van der Waals surface area contributed by atoms with Gasteiger partial charge in [0.05, 0.1) is 12.8 Å². The lowest BCUT2D eigenvalue weighted by molar-refractivity contribution is -0.677. The van der Waals surface area contributed by atoms with Gasteiger partial charge in [0, 0.05) is 11.1 Å². The highest BCUT2D eigenvalue weighted by molar-refractivity contribution is 5.94. The number of nitrogens with two attached hydrogens (primary N) is 1.